The quantitative estimate of drug-likeness (QED) is 0.814. The van der Waals surface area contributed by atoms with Crippen molar-refractivity contribution in [3.05, 3.63) is 51.0 Å². The Labute approximate surface area is 148 Å². The van der Waals surface area contributed by atoms with Crippen molar-refractivity contribution in [3.63, 3.8) is 0 Å². The number of nitrogens with one attached hydrogen (secondary N) is 1. The molecule has 1 aromatic carbocycles. The first-order chi connectivity index (χ1) is 11.5. The fourth-order valence-corrected chi connectivity index (χ4v) is 3.82. The first kappa shape index (κ1) is 17.2. The molecule has 0 bridgehead atoms. The second-order valence-corrected chi connectivity index (χ2v) is 8.01. The number of rotatable bonds is 7. The summed E-state index contributed by atoms with van der Waals surface area (Å²) >= 11 is 1.66. The smallest absolute Gasteiger partial charge is 0.220 e. The number of aromatic nitrogens is 1. The van der Waals surface area contributed by atoms with Gasteiger partial charge in [0.25, 0.3) is 0 Å². The predicted octanol–water partition coefficient (Wildman–Crippen LogP) is 4.31. The molecule has 1 saturated carbocycles. The molecule has 1 aromatic heterocycles. The van der Waals surface area contributed by atoms with Crippen LogP contribution in [0.2, 0.25) is 0 Å². The lowest BCUT2D eigenvalue weighted by Gasteiger charge is -2.18. The summed E-state index contributed by atoms with van der Waals surface area (Å²) < 4.78 is 0. The van der Waals surface area contributed by atoms with Gasteiger partial charge in [-0.05, 0) is 62.1 Å². The van der Waals surface area contributed by atoms with Gasteiger partial charge in [-0.25, -0.2) is 4.98 Å². The first-order valence-electron chi connectivity index (χ1n) is 8.78. The molecule has 1 amide bonds. The Hall–Kier alpha value is -1.68. The van der Waals surface area contributed by atoms with Gasteiger partial charge in [0.1, 0.15) is 0 Å². The Balaban J connectivity index is 1.55. The van der Waals surface area contributed by atoms with E-state index in [1.165, 1.54) is 29.5 Å². The minimum absolute atomic E-state index is 0.164. The number of carbonyl (C=O) groups excluding carboxylic acids is 1. The monoisotopic (exact) mass is 342 g/mol. The Morgan fingerprint density at radius 2 is 2.08 bits per heavy atom. The molecule has 0 radical (unpaired) electrons. The van der Waals surface area contributed by atoms with Crippen LogP contribution in [0, 0.1) is 26.7 Å². The normalized spacial score (nSPS) is 15.3. The van der Waals surface area contributed by atoms with Crippen molar-refractivity contribution < 1.29 is 4.79 Å². The van der Waals surface area contributed by atoms with Crippen molar-refractivity contribution in [2.75, 3.05) is 6.54 Å². The number of benzene rings is 1. The summed E-state index contributed by atoms with van der Waals surface area (Å²) in [6.07, 6.45) is 3.92. The number of nitrogens with zero attached hydrogens (tertiary/aromatic N) is 1. The van der Waals surface area contributed by atoms with Gasteiger partial charge in [-0.15, -0.1) is 11.3 Å². The molecule has 24 heavy (non-hydrogen) atoms. The van der Waals surface area contributed by atoms with Crippen LogP contribution in [0.25, 0.3) is 0 Å². The van der Waals surface area contributed by atoms with Crippen LogP contribution in [0.1, 0.15) is 52.6 Å². The van der Waals surface area contributed by atoms with E-state index in [9.17, 15) is 4.79 Å². The number of hydrogen-bond donors (Lipinski definition) is 1. The van der Waals surface area contributed by atoms with Crippen LogP contribution in [-0.4, -0.2) is 17.4 Å². The molecule has 2 aromatic rings. The standard InChI is InChI=1S/C20H26N2OS/c1-13-4-5-17(10-14(13)2)19(16-6-7-16)11-20(23)21-9-8-18-12-24-15(3)22-18/h4-5,10,12,16,19H,6-9,11H2,1-3H3,(H,21,23). The average Bonchev–Trinajstić information content (AvgIpc) is 3.30. The number of aryl methyl sites for hydroxylation is 3. The number of carbonyl (C=O) groups is 1. The Morgan fingerprint density at radius 3 is 2.71 bits per heavy atom. The molecule has 1 aliphatic carbocycles. The minimum Gasteiger partial charge on any atom is -0.356 e. The second-order valence-electron chi connectivity index (χ2n) is 6.95. The Morgan fingerprint density at radius 1 is 1.29 bits per heavy atom. The maximum Gasteiger partial charge on any atom is 0.220 e. The van der Waals surface area contributed by atoms with Gasteiger partial charge in [0, 0.05) is 24.8 Å². The van der Waals surface area contributed by atoms with Crippen molar-refractivity contribution in [3.8, 4) is 0 Å². The number of amides is 1. The molecule has 1 heterocycles. The maximum atomic E-state index is 12.4. The highest BCUT2D eigenvalue weighted by molar-refractivity contribution is 7.09. The topological polar surface area (TPSA) is 42.0 Å². The third-order valence-electron chi connectivity index (χ3n) is 4.93. The van der Waals surface area contributed by atoms with Crippen LogP contribution >= 0.6 is 11.3 Å². The van der Waals surface area contributed by atoms with Crippen LogP contribution in [-0.2, 0) is 11.2 Å². The highest BCUT2D eigenvalue weighted by Gasteiger charge is 2.33. The summed E-state index contributed by atoms with van der Waals surface area (Å²) in [5.41, 5.74) is 5.03. The fourth-order valence-electron chi connectivity index (χ4n) is 3.18. The van der Waals surface area contributed by atoms with Gasteiger partial charge in [-0.3, -0.25) is 4.79 Å². The van der Waals surface area contributed by atoms with Crippen molar-refractivity contribution in [2.24, 2.45) is 5.92 Å². The number of hydrogen-bond acceptors (Lipinski definition) is 3. The fraction of sp³-hybridized carbons (Fsp3) is 0.500. The van der Waals surface area contributed by atoms with Gasteiger partial charge < -0.3 is 5.32 Å². The van der Waals surface area contributed by atoms with Crippen molar-refractivity contribution >= 4 is 17.2 Å². The molecule has 1 fully saturated rings. The molecule has 0 aliphatic heterocycles. The van der Waals surface area contributed by atoms with Gasteiger partial charge >= 0.3 is 0 Å². The summed E-state index contributed by atoms with van der Waals surface area (Å²) in [7, 11) is 0. The lowest BCUT2D eigenvalue weighted by atomic mass is 9.89. The van der Waals surface area contributed by atoms with E-state index in [0.29, 0.717) is 24.8 Å². The van der Waals surface area contributed by atoms with Gasteiger partial charge in [-0.2, -0.15) is 0 Å². The van der Waals surface area contributed by atoms with E-state index in [1.54, 1.807) is 11.3 Å². The Bertz CT molecular complexity index is 718. The zero-order chi connectivity index (χ0) is 17.1. The molecule has 0 saturated heterocycles. The first-order valence-corrected chi connectivity index (χ1v) is 9.65. The Kier molecular flexibility index (Phi) is 5.34. The van der Waals surface area contributed by atoms with Crippen LogP contribution in [0.5, 0.6) is 0 Å². The number of thiazole rings is 1. The maximum absolute atomic E-state index is 12.4. The van der Waals surface area contributed by atoms with E-state index in [4.69, 9.17) is 0 Å². The highest BCUT2D eigenvalue weighted by Crippen LogP contribution is 2.44. The molecule has 128 valence electrons. The molecule has 3 rings (SSSR count). The van der Waals surface area contributed by atoms with E-state index < -0.39 is 0 Å². The third kappa shape index (κ3) is 4.44. The van der Waals surface area contributed by atoms with E-state index in [-0.39, 0.29) is 5.91 Å². The molecule has 1 atom stereocenters. The van der Waals surface area contributed by atoms with Gasteiger partial charge in [-0.1, -0.05) is 18.2 Å². The van der Waals surface area contributed by atoms with Crippen molar-refractivity contribution in [1.29, 1.82) is 0 Å². The molecule has 4 heteroatoms. The molecular formula is C20H26N2OS. The lowest BCUT2D eigenvalue weighted by molar-refractivity contribution is -0.121. The molecule has 0 spiro atoms. The van der Waals surface area contributed by atoms with Crippen molar-refractivity contribution in [1.82, 2.24) is 10.3 Å². The van der Waals surface area contributed by atoms with Crippen LogP contribution in [0.4, 0.5) is 0 Å². The van der Waals surface area contributed by atoms with E-state index >= 15 is 0 Å². The summed E-state index contributed by atoms with van der Waals surface area (Å²) in [5, 5.41) is 6.23. The lowest BCUT2D eigenvalue weighted by Crippen LogP contribution is -2.27. The summed E-state index contributed by atoms with van der Waals surface area (Å²) in [5.74, 6) is 1.21. The second kappa shape index (κ2) is 7.47. The van der Waals surface area contributed by atoms with Crippen LogP contribution in [0.15, 0.2) is 23.6 Å². The molecule has 1 unspecified atom stereocenters. The molecule has 1 N–H and O–H groups in total. The van der Waals surface area contributed by atoms with Gasteiger partial charge in [0.2, 0.25) is 5.91 Å². The molecule has 1 aliphatic rings. The van der Waals surface area contributed by atoms with E-state index in [1.807, 2.05) is 6.92 Å². The average molecular weight is 343 g/mol. The summed E-state index contributed by atoms with van der Waals surface area (Å²) in [6.45, 7) is 6.97. The molecule has 3 nitrogen and oxygen atoms in total. The zero-order valence-electron chi connectivity index (χ0n) is 14.8. The van der Waals surface area contributed by atoms with Gasteiger partial charge in [0.05, 0.1) is 10.7 Å². The summed E-state index contributed by atoms with van der Waals surface area (Å²) in [4.78, 5) is 16.8. The highest BCUT2D eigenvalue weighted by atomic mass is 32.1. The van der Waals surface area contributed by atoms with Crippen LogP contribution < -0.4 is 5.32 Å². The predicted molar refractivity (Wildman–Crippen MR) is 99.6 cm³/mol. The van der Waals surface area contributed by atoms with Crippen LogP contribution in [0.3, 0.4) is 0 Å². The van der Waals surface area contributed by atoms with E-state index in [0.717, 1.165) is 17.1 Å². The van der Waals surface area contributed by atoms with E-state index in [2.05, 4.69) is 47.7 Å². The minimum atomic E-state index is 0.164. The SMILES string of the molecule is Cc1nc(CCNC(=O)CC(c2ccc(C)c(C)c2)C2CC2)cs1. The molecular weight excluding hydrogens is 316 g/mol. The third-order valence-corrected chi connectivity index (χ3v) is 5.75. The van der Waals surface area contributed by atoms with Gasteiger partial charge in [0.15, 0.2) is 0 Å². The van der Waals surface area contributed by atoms with Crippen molar-refractivity contribution in [2.45, 2.75) is 52.4 Å². The summed E-state index contributed by atoms with van der Waals surface area (Å²) in [6, 6.07) is 6.66. The zero-order valence-corrected chi connectivity index (χ0v) is 15.6. The largest absolute Gasteiger partial charge is 0.356 e.